The molecule has 2 rings (SSSR count). The van der Waals surface area contributed by atoms with Gasteiger partial charge in [-0.25, -0.2) is 0 Å². The normalized spacial score (nSPS) is 10.7. The first-order chi connectivity index (χ1) is 14.9. The number of halogens is 2. The van der Waals surface area contributed by atoms with E-state index in [4.69, 9.17) is 58.9 Å². The lowest BCUT2D eigenvalue weighted by Crippen LogP contribution is -2.21. The molecule has 0 radical (unpaired) electrons. The van der Waals surface area contributed by atoms with Gasteiger partial charge in [0.2, 0.25) is 5.96 Å². The molecule has 0 saturated carbocycles. The Balaban J connectivity index is 0.00000118. The molecule has 0 spiro atoms. The highest BCUT2D eigenvalue weighted by Gasteiger charge is 2.22. The summed E-state index contributed by atoms with van der Waals surface area (Å²) in [6, 6.07) is 9.02. The van der Waals surface area contributed by atoms with Crippen LogP contribution in [0.2, 0.25) is 10.0 Å². The SMILES string of the molecule is Cc1cc(OCCC=NN=C(N)N)cc(OS(=O)(=O)c2cccc(Cl)c2Cl)c1.O=[N+]([O-])O. The van der Waals surface area contributed by atoms with Gasteiger partial charge in [-0.2, -0.15) is 13.5 Å². The molecule has 0 aliphatic carbocycles. The zero-order valence-corrected chi connectivity index (χ0v) is 18.8. The molecular weight excluding hydrogens is 489 g/mol. The molecule has 0 aliphatic heterocycles. The minimum atomic E-state index is -4.17. The van der Waals surface area contributed by atoms with Gasteiger partial charge < -0.3 is 25.6 Å². The summed E-state index contributed by atoms with van der Waals surface area (Å²) < 4.78 is 35.8. The Labute approximate surface area is 193 Å². The number of guanidine groups is 1. The summed E-state index contributed by atoms with van der Waals surface area (Å²) in [7, 11) is -4.17. The monoisotopic (exact) mass is 507 g/mol. The third kappa shape index (κ3) is 9.68. The number of aryl methyl sites for hydroxylation is 1. The summed E-state index contributed by atoms with van der Waals surface area (Å²) in [6.07, 6.45) is 1.93. The van der Waals surface area contributed by atoms with E-state index in [1.54, 1.807) is 19.1 Å². The zero-order valence-electron chi connectivity index (χ0n) is 16.5. The van der Waals surface area contributed by atoms with Gasteiger partial charge in [0.05, 0.1) is 16.7 Å². The van der Waals surface area contributed by atoms with Crippen LogP contribution in [0.25, 0.3) is 0 Å². The molecule has 0 aromatic heterocycles. The van der Waals surface area contributed by atoms with Crippen molar-refractivity contribution in [3.63, 3.8) is 0 Å². The molecule has 32 heavy (non-hydrogen) atoms. The van der Waals surface area contributed by atoms with Crippen LogP contribution < -0.4 is 20.4 Å². The van der Waals surface area contributed by atoms with Crippen LogP contribution >= 0.6 is 23.2 Å². The summed E-state index contributed by atoms with van der Waals surface area (Å²) >= 11 is 11.9. The molecule has 0 bridgehead atoms. The summed E-state index contributed by atoms with van der Waals surface area (Å²) in [5.74, 6) is 0.372. The van der Waals surface area contributed by atoms with Crippen molar-refractivity contribution < 1.29 is 27.6 Å². The van der Waals surface area contributed by atoms with Crippen LogP contribution in [-0.2, 0) is 10.1 Å². The van der Waals surface area contributed by atoms with Crippen molar-refractivity contribution in [2.24, 2.45) is 21.7 Å². The third-order valence-electron chi connectivity index (χ3n) is 3.19. The zero-order chi connectivity index (χ0) is 24.3. The molecule has 0 aliphatic rings. The van der Waals surface area contributed by atoms with E-state index in [9.17, 15) is 8.42 Å². The third-order valence-corrected chi connectivity index (χ3v) is 5.41. The van der Waals surface area contributed by atoms with Gasteiger partial charge in [0.25, 0.3) is 5.09 Å². The first-order valence-corrected chi connectivity index (χ1v) is 10.7. The van der Waals surface area contributed by atoms with E-state index in [2.05, 4.69) is 10.2 Å². The van der Waals surface area contributed by atoms with Crippen LogP contribution in [0.4, 0.5) is 0 Å². The maximum atomic E-state index is 12.5. The Kier molecular flexibility index (Phi) is 10.5. The molecule has 2 aromatic rings. The van der Waals surface area contributed by atoms with E-state index in [1.807, 2.05) is 0 Å². The lowest BCUT2D eigenvalue weighted by molar-refractivity contribution is -0.742. The number of nitrogens with zero attached hydrogens (tertiary/aromatic N) is 3. The van der Waals surface area contributed by atoms with E-state index < -0.39 is 15.2 Å². The van der Waals surface area contributed by atoms with Crippen molar-refractivity contribution in [2.75, 3.05) is 6.61 Å². The van der Waals surface area contributed by atoms with Gasteiger partial charge in [-0.15, -0.1) is 15.2 Å². The Morgan fingerprint density at radius 2 is 1.88 bits per heavy atom. The minimum Gasteiger partial charge on any atom is -0.493 e. The number of nitrogens with two attached hydrogens (primary N) is 2. The van der Waals surface area contributed by atoms with Gasteiger partial charge >= 0.3 is 10.1 Å². The fraction of sp³-hybridized carbons (Fsp3) is 0.176. The smallest absolute Gasteiger partial charge is 0.340 e. The van der Waals surface area contributed by atoms with Crippen LogP contribution in [0, 0.1) is 17.0 Å². The fourth-order valence-electron chi connectivity index (χ4n) is 2.09. The second-order valence-electron chi connectivity index (χ2n) is 5.77. The summed E-state index contributed by atoms with van der Waals surface area (Å²) in [6.45, 7) is 2.05. The number of ether oxygens (including phenoxy) is 1. The molecule has 0 fully saturated rings. The second-order valence-corrected chi connectivity index (χ2v) is 8.07. The number of hydrogen-bond acceptors (Lipinski definition) is 8. The van der Waals surface area contributed by atoms with Gasteiger partial charge in [-0.3, -0.25) is 0 Å². The Morgan fingerprint density at radius 3 is 2.50 bits per heavy atom. The summed E-state index contributed by atoms with van der Waals surface area (Å²) in [5, 5.41) is 20.7. The molecule has 0 saturated heterocycles. The highest BCUT2D eigenvalue weighted by Crippen LogP contribution is 2.32. The summed E-state index contributed by atoms with van der Waals surface area (Å²) in [4.78, 5) is 8.14. The van der Waals surface area contributed by atoms with Crippen molar-refractivity contribution >= 4 is 45.5 Å². The lowest BCUT2D eigenvalue weighted by Gasteiger charge is -2.12. The predicted molar refractivity (Wildman–Crippen MR) is 119 cm³/mol. The van der Waals surface area contributed by atoms with E-state index in [0.29, 0.717) is 12.2 Å². The Bertz CT molecular complexity index is 1100. The first kappa shape index (κ1) is 26.7. The largest absolute Gasteiger partial charge is 0.493 e. The molecule has 5 N–H and O–H groups in total. The van der Waals surface area contributed by atoms with Crippen molar-refractivity contribution in [3.8, 4) is 11.5 Å². The van der Waals surface area contributed by atoms with Gasteiger partial charge in [0.15, 0.2) is 0 Å². The van der Waals surface area contributed by atoms with Crippen molar-refractivity contribution in [3.05, 3.63) is 62.1 Å². The molecule has 0 heterocycles. The Hall–Kier alpha value is -3.29. The quantitative estimate of drug-likeness (QED) is 0.120. The lowest BCUT2D eigenvalue weighted by atomic mass is 10.2. The average molecular weight is 508 g/mol. The standard InChI is InChI=1S/C17H18Cl2N4O4S.HNO3/c1-11-8-12(26-7-3-6-22-23-17(20)21)10-13(9-11)27-28(24,25)15-5-2-4-14(18)16(15)19;2-1(3)4/h2,4-6,8-10H,3,7H2,1H3,(H4,20,21,23);(H,2,3,4). The van der Waals surface area contributed by atoms with Crippen LogP contribution in [0.15, 0.2) is 51.5 Å². The number of rotatable bonds is 8. The topological polar surface area (TPSA) is 193 Å². The molecule has 0 atom stereocenters. The Morgan fingerprint density at radius 1 is 1.25 bits per heavy atom. The maximum Gasteiger partial charge on any atom is 0.340 e. The van der Waals surface area contributed by atoms with E-state index in [-0.39, 0.29) is 33.3 Å². The van der Waals surface area contributed by atoms with Crippen LogP contribution in [0.1, 0.15) is 12.0 Å². The van der Waals surface area contributed by atoms with Gasteiger partial charge in [0, 0.05) is 18.7 Å². The minimum absolute atomic E-state index is 0.0835. The molecule has 0 amide bonds. The number of hydrogen-bond donors (Lipinski definition) is 3. The number of benzene rings is 2. The molecule has 15 heteroatoms. The second kappa shape index (κ2) is 12.5. The van der Waals surface area contributed by atoms with Crippen molar-refractivity contribution in [1.29, 1.82) is 0 Å². The van der Waals surface area contributed by atoms with Crippen molar-refractivity contribution in [1.82, 2.24) is 0 Å². The van der Waals surface area contributed by atoms with Crippen LogP contribution in [0.5, 0.6) is 11.5 Å². The van der Waals surface area contributed by atoms with Crippen LogP contribution in [0.3, 0.4) is 0 Å². The van der Waals surface area contributed by atoms with Crippen molar-refractivity contribution in [2.45, 2.75) is 18.2 Å². The molecule has 174 valence electrons. The molecule has 2 aromatic carbocycles. The molecule has 12 nitrogen and oxygen atoms in total. The molecule has 0 unspecified atom stereocenters. The average Bonchev–Trinajstić information content (AvgIpc) is 2.65. The van der Waals surface area contributed by atoms with Gasteiger partial charge in [-0.1, -0.05) is 29.3 Å². The molecular formula is C17H19Cl2N5O7S. The van der Waals surface area contributed by atoms with E-state index in [0.717, 1.165) is 5.56 Å². The van der Waals surface area contributed by atoms with E-state index >= 15 is 0 Å². The van der Waals surface area contributed by atoms with E-state index in [1.165, 1.54) is 30.5 Å². The van der Waals surface area contributed by atoms with Gasteiger partial charge in [-0.05, 0) is 36.8 Å². The fourth-order valence-corrected chi connectivity index (χ4v) is 3.74. The highest BCUT2D eigenvalue weighted by molar-refractivity contribution is 7.87. The predicted octanol–water partition coefficient (Wildman–Crippen LogP) is 2.75. The first-order valence-electron chi connectivity index (χ1n) is 8.49. The van der Waals surface area contributed by atoms with Gasteiger partial charge in [0.1, 0.15) is 16.4 Å². The van der Waals surface area contributed by atoms with Crippen LogP contribution in [-0.4, -0.2) is 37.5 Å². The maximum absolute atomic E-state index is 12.5. The highest BCUT2D eigenvalue weighted by atomic mass is 35.5. The summed E-state index contributed by atoms with van der Waals surface area (Å²) in [5.41, 5.74) is 11.0.